The predicted octanol–water partition coefficient (Wildman–Crippen LogP) is 1.25. The van der Waals surface area contributed by atoms with Crippen LogP contribution in [0, 0.1) is 6.92 Å². The van der Waals surface area contributed by atoms with E-state index >= 15 is 0 Å². The largest absolute Gasteiger partial charge is 0.507 e. The van der Waals surface area contributed by atoms with E-state index in [-0.39, 0.29) is 17.9 Å². The molecule has 1 rings (SSSR count). The summed E-state index contributed by atoms with van der Waals surface area (Å²) in [5.74, 6) is -0.613. The summed E-state index contributed by atoms with van der Waals surface area (Å²) in [4.78, 5) is 11.9. The van der Waals surface area contributed by atoms with Crippen molar-refractivity contribution in [2.75, 3.05) is 12.8 Å². The van der Waals surface area contributed by atoms with Crippen LogP contribution in [0.4, 0.5) is 0 Å². The van der Waals surface area contributed by atoms with Crippen molar-refractivity contribution in [1.29, 1.82) is 0 Å². The molecule has 19 heavy (non-hydrogen) atoms. The monoisotopic (exact) mass is 285 g/mol. The number of sulfone groups is 1. The minimum absolute atomic E-state index is 0.0158. The van der Waals surface area contributed by atoms with Gasteiger partial charge < -0.3 is 10.4 Å². The maximum atomic E-state index is 11.9. The van der Waals surface area contributed by atoms with Crippen LogP contribution in [0.1, 0.15) is 29.8 Å². The van der Waals surface area contributed by atoms with E-state index in [0.717, 1.165) is 11.8 Å². The number of rotatable bonds is 4. The lowest BCUT2D eigenvalue weighted by Gasteiger charge is -2.22. The van der Waals surface area contributed by atoms with Crippen molar-refractivity contribution >= 4 is 15.7 Å². The fourth-order valence-corrected chi connectivity index (χ4v) is 1.69. The average molecular weight is 285 g/mol. The molecule has 0 spiro atoms. The van der Waals surface area contributed by atoms with Gasteiger partial charge in [0, 0.05) is 12.8 Å². The third-order valence-corrected chi connectivity index (χ3v) is 5.23. The average Bonchev–Trinajstić information content (AvgIpc) is 2.28. The number of phenolic OH excluding ortho intramolecular Hbond substituents is 1. The summed E-state index contributed by atoms with van der Waals surface area (Å²) in [7, 11) is -3.28. The zero-order valence-electron chi connectivity index (χ0n) is 11.5. The highest BCUT2D eigenvalue weighted by Gasteiger charge is 2.30. The second-order valence-electron chi connectivity index (χ2n) is 5.24. The van der Waals surface area contributed by atoms with Crippen LogP contribution in [0.25, 0.3) is 0 Å². The second-order valence-corrected chi connectivity index (χ2v) is 7.88. The summed E-state index contributed by atoms with van der Waals surface area (Å²) in [5.41, 5.74) is 0.981. The minimum Gasteiger partial charge on any atom is -0.507 e. The maximum Gasteiger partial charge on any atom is 0.255 e. The molecule has 106 valence electrons. The molecule has 0 heterocycles. The normalized spacial score (nSPS) is 12.2. The summed E-state index contributed by atoms with van der Waals surface area (Å²) >= 11 is 0. The van der Waals surface area contributed by atoms with Gasteiger partial charge in [-0.2, -0.15) is 0 Å². The molecule has 0 fully saturated rings. The van der Waals surface area contributed by atoms with Crippen LogP contribution in [0.2, 0.25) is 0 Å². The molecule has 0 radical (unpaired) electrons. The van der Waals surface area contributed by atoms with Gasteiger partial charge >= 0.3 is 0 Å². The number of hydrogen-bond donors (Lipinski definition) is 2. The Labute approximate surface area is 113 Å². The van der Waals surface area contributed by atoms with E-state index in [9.17, 15) is 18.3 Å². The van der Waals surface area contributed by atoms with Crippen LogP contribution in [0.3, 0.4) is 0 Å². The van der Waals surface area contributed by atoms with Gasteiger partial charge in [-0.25, -0.2) is 8.42 Å². The van der Waals surface area contributed by atoms with Crippen LogP contribution in [-0.2, 0) is 9.84 Å². The van der Waals surface area contributed by atoms with Gasteiger partial charge in [-0.3, -0.25) is 4.79 Å². The number of benzene rings is 1. The van der Waals surface area contributed by atoms with Crippen molar-refractivity contribution in [1.82, 2.24) is 5.32 Å². The van der Waals surface area contributed by atoms with Gasteiger partial charge in [-0.15, -0.1) is 0 Å². The first-order valence-electron chi connectivity index (χ1n) is 5.82. The molecule has 1 aromatic rings. The molecule has 1 amide bonds. The van der Waals surface area contributed by atoms with Crippen molar-refractivity contribution < 1.29 is 18.3 Å². The van der Waals surface area contributed by atoms with Crippen LogP contribution in [-0.4, -0.2) is 37.0 Å². The highest BCUT2D eigenvalue weighted by molar-refractivity contribution is 7.92. The molecule has 0 aliphatic rings. The maximum absolute atomic E-state index is 11.9. The molecule has 0 saturated carbocycles. The van der Waals surface area contributed by atoms with Gasteiger partial charge in [0.2, 0.25) is 0 Å². The number of carbonyl (C=O) groups is 1. The number of phenols is 1. The number of amides is 1. The number of aryl methyl sites for hydroxylation is 1. The van der Waals surface area contributed by atoms with Crippen LogP contribution < -0.4 is 5.32 Å². The smallest absolute Gasteiger partial charge is 0.255 e. The number of aromatic hydroxyl groups is 1. The van der Waals surface area contributed by atoms with Gasteiger partial charge in [0.15, 0.2) is 9.84 Å². The van der Waals surface area contributed by atoms with Crippen molar-refractivity contribution in [2.45, 2.75) is 25.5 Å². The number of hydrogen-bond acceptors (Lipinski definition) is 4. The van der Waals surface area contributed by atoms with Gasteiger partial charge in [-0.05, 0) is 32.9 Å². The second kappa shape index (κ2) is 5.21. The highest BCUT2D eigenvalue weighted by atomic mass is 32.2. The van der Waals surface area contributed by atoms with Crippen molar-refractivity contribution in [3.05, 3.63) is 29.3 Å². The Kier molecular flexibility index (Phi) is 4.25. The Hall–Kier alpha value is -1.56. The zero-order valence-corrected chi connectivity index (χ0v) is 12.3. The quantitative estimate of drug-likeness (QED) is 0.872. The van der Waals surface area contributed by atoms with E-state index < -0.39 is 20.5 Å². The highest BCUT2D eigenvalue weighted by Crippen LogP contribution is 2.19. The van der Waals surface area contributed by atoms with Crippen molar-refractivity contribution in [2.24, 2.45) is 0 Å². The minimum atomic E-state index is -3.28. The van der Waals surface area contributed by atoms with Gasteiger partial charge in [0.05, 0.1) is 10.3 Å². The molecule has 0 aromatic heterocycles. The van der Waals surface area contributed by atoms with Crippen molar-refractivity contribution in [3.63, 3.8) is 0 Å². The van der Waals surface area contributed by atoms with Gasteiger partial charge in [0.25, 0.3) is 5.91 Å². The molecular formula is C13H19NO4S. The third kappa shape index (κ3) is 3.70. The van der Waals surface area contributed by atoms with E-state index in [4.69, 9.17) is 0 Å². The molecule has 0 atom stereocenters. The predicted molar refractivity (Wildman–Crippen MR) is 74.1 cm³/mol. The number of nitrogens with one attached hydrogen (secondary N) is 1. The lowest BCUT2D eigenvalue weighted by Crippen LogP contribution is -2.43. The fraction of sp³-hybridized carbons (Fsp3) is 0.462. The van der Waals surface area contributed by atoms with Crippen molar-refractivity contribution in [3.8, 4) is 5.75 Å². The third-order valence-electron chi connectivity index (χ3n) is 3.08. The molecule has 1 aromatic carbocycles. The molecule has 5 nitrogen and oxygen atoms in total. The molecule has 0 aliphatic heterocycles. The molecule has 0 aliphatic carbocycles. The van der Waals surface area contributed by atoms with Gasteiger partial charge in [0.1, 0.15) is 5.75 Å². The first-order valence-corrected chi connectivity index (χ1v) is 7.71. The Bertz CT molecular complexity index is 591. The Balaban J connectivity index is 2.85. The SMILES string of the molecule is Cc1ccc(O)c(C(=O)NCC(C)(C)S(C)(=O)=O)c1. The van der Waals surface area contributed by atoms with E-state index in [2.05, 4.69) is 5.32 Å². The first kappa shape index (κ1) is 15.5. The summed E-state index contributed by atoms with van der Waals surface area (Å²) in [6.07, 6.45) is 1.13. The van der Waals surface area contributed by atoms with Gasteiger partial charge in [-0.1, -0.05) is 11.6 Å². The first-order chi connectivity index (χ1) is 8.54. The summed E-state index contributed by atoms with van der Waals surface area (Å²) < 4.78 is 22.0. The zero-order chi connectivity index (χ0) is 14.8. The van der Waals surface area contributed by atoms with Crippen LogP contribution in [0.5, 0.6) is 5.75 Å². The van der Waals surface area contributed by atoms with E-state index in [1.54, 1.807) is 32.9 Å². The lowest BCUT2D eigenvalue weighted by atomic mass is 10.1. The fourth-order valence-electron chi connectivity index (χ4n) is 1.35. The van der Waals surface area contributed by atoms with E-state index in [0.29, 0.717) is 0 Å². The molecule has 0 bridgehead atoms. The molecule has 2 N–H and O–H groups in total. The summed E-state index contributed by atoms with van der Waals surface area (Å²) in [5, 5.41) is 12.2. The summed E-state index contributed by atoms with van der Waals surface area (Å²) in [6.45, 7) is 4.87. The molecule has 0 unspecified atom stereocenters. The summed E-state index contributed by atoms with van der Waals surface area (Å²) in [6, 6.07) is 4.68. The van der Waals surface area contributed by atoms with Crippen LogP contribution >= 0.6 is 0 Å². The molecule has 6 heteroatoms. The van der Waals surface area contributed by atoms with E-state index in [1.807, 2.05) is 0 Å². The van der Waals surface area contributed by atoms with E-state index in [1.165, 1.54) is 6.07 Å². The Morgan fingerprint density at radius 1 is 1.37 bits per heavy atom. The number of carbonyl (C=O) groups excluding carboxylic acids is 1. The Morgan fingerprint density at radius 2 is 1.95 bits per heavy atom. The molecular weight excluding hydrogens is 266 g/mol. The standard InChI is InChI=1S/C13H19NO4S/c1-9-5-6-11(15)10(7-9)12(16)14-8-13(2,3)19(4,17)18/h5-7,15H,8H2,1-4H3,(H,14,16). The topological polar surface area (TPSA) is 83.5 Å². The Morgan fingerprint density at radius 3 is 2.47 bits per heavy atom. The lowest BCUT2D eigenvalue weighted by molar-refractivity contribution is 0.0948. The molecule has 0 saturated heterocycles. The van der Waals surface area contributed by atoms with Crippen LogP contribution in [0.15, 0.2) is 18.2 Å².